The van der Waals surface area contributed by atoms with Crippen molar-refractivity contribution in [2.75, 3.05) is 10.2 Å². The summed E-state index contributed by atoms with van der Waals surface area (Å²) in [6, 6.07) is 6.69. The van der Waals surface area contributed by atoms with E-state index >= 15 is 0 Å². The molecule has 0 spiro atoms. The molecule has 3 aromatic heterocycles. The second kappa shape index (κ2) is 11.2. The highest BCUT2D eigenvalue weighted by atomic mass is 19.4. The highest BCUT2D eigenvalue weighted by Gasteiger charge is 2.43. The number of rotatable bonds is 10. The van der Waals surface area contributed by atoms with E-state index < -0.39 is 17.6 Å². The first-order valence-corrected chi connectivity index (χ1v) is 15.8. The largest absolute Gasteiger partial charge is 0.416 e. The molecule has 0 radical (unpaired) electrons. The van der Waals surface area contributed by atoms with Crippen LogP contribution in [0.1, 0.15) is 89.4 Å². The number of anilines is 2. The van der Waals surface area contributed by atoms with Gasteiger partial charge in [0.25, 0.3) is 5.91 Å². The third-order valence-electron chi connectivity index (χ3n) is 10.1. The monoisotopic (exact) mass is 633 g/mol. The van der Waals surface area contributed by atoms with E-state index in [0.717, 1.165) is 55.5 Å². The van der Waals surface area contributed by atoms with Crippen molar-refractivity contribution >= 4 is 17.5 Å². The second-order valence-electron chi connectivity index (χ2n) is 13.5. The molecule has 2 saturated carbocycles. The van der Waals surface area contributed by atoms with Gasteiger partial charge in [0.1, 0.15) is 23.8 Å². The van der Waals surface area contributed by atoms with Gasteiger partial charge in [-0.1, -0.05) is 6.42 Å². The third-order valence-corrected chi connectivity index (χ3v) is 10.1. The first-order valence-electron chi connectivity index (χ1n) is 15.8. The summed E-state index contributed by atoms with van der Waals surface area (Å²) < 4.78 is 47.0. The summed E-state index contributed by atoms with van der Waals surface area (Å²) in [6.07, 6.45) is 7.29. The Bertz CT molecular complexity index is 1780. The van der Waals surface area contributed by atoms with Crippen LogP contribution in [0.5, 0.6) is 0 Å². The van der Waals surface area contributed by atoms with E-state index in [1.54, 1.807) is 23.3 Å². The number of amides is 1. The van der Waals surface area contributed by atoms with Crippen molar-refractivity contribution in [2.45, 2.75) is 88.6 Å². The Labute approximate surface area is 265 Å². The number of alkyl halides is 3. The van der Waals surface area contributed by atoms with Gasteiger partial charge < -0.3 is 15.2 Å². The number of carbonyl (C=O) groups excluding carboxylic acids is 1. The van der Waals surface area contributed by atoms with E-state index in [1.165, 1.54) is 11.0 Å². The van der Waals surface area contributed by atoms with Crippen LogP contribution in [0, 0.1) is 0 Å². The smallest absolute Gasteiger partial charge is 0.366 e. The second-order valence-corrected chi connectivity index (χ2v) is 13.5. The Kier molecular flexibility index (Phi) is 7.41. The average molecular weight is 634 g/mol. The zero-order valence-electron chi connectivity index (χ0n) is 26.3. The lowest BCUT2D eigenvalue weighted by Crippen LogP contribution is -2.47. The Morgan fingerprint density at radius 1 is 1.00 bits per heavy atom. The molecular formula is C33H38F3N9O. The molecule has 0 atom stereocenters. The highest BCUT2D eigenvalue weighted by Crippen LogP contribution is 2.48. The topological polar surface area (TPSA) is 106 Å². The van der Waals surface area contributed by atoms with Gasteiger partial charge in [-0.2, -0.15) is 18.3 Å². The average Bonchev–Trinajstić information content (AvgIpc) is 3.68. The SMILES string of the molecule is Cn1cc(CNc2cc(C3(Cc4nncn4C)CCC3)cc(N3Cc4c(cc(CNC5(C)CCC5)cc4C(F)(F)F)C3=O)n2)cn1. The van der Waals surface area contributed by atoms with Gasteiger partial charge in [0.15, 0.2) is 0 Å². The van der Waals surface area contributed by atoms with Gasteiger partial charge in [0.05, 0.1) is 18.3 Å². The Balaban J connectivity index is 1.25. The lowest BCUT2D eigenvalue weighted by molar-refractivity contribution is -0.138. The molecule has 0 unspecified atom stereocenters. The number of aryl methyl sites for hydroxylation is 2. The van der Waals surface area contributed by atoms with Crippen LogP contribution in [0.3, 0.4) is 0 Å². The van der Waals surface area contributed by atoms with Gasteiger partial charge in [-0.15, -0.1) is 10.2 Å². The highest BCUT2D eigenvalue weighted by molar-refractivity contribution is 6.10. The molecule has 1 aromatic carbocycles. The van der Waals surface area contributed by atoms with Crippen LogP contribution in [0.4, 0.5) is 24.8 Å². The van der Waals surface area contributed by atoms with E-state index in [4.69, 9.17) is 4.98 Å². The predicted octanol–water partition coefficient (Wildman–Crippen LogP) is 5.43. The van der Waals surface area contributed by atoms with Crippen molar-refractivity contribution in [3.05, 3.63) is 82.2 Å². The molecule has 7 rings (SSSR count). The summed E-state index contributed by atoms with van der Waals surface area (Å²) in [7, 11) is 3.75. The number of fused-ring (bicyclic) bond motifs is 1. The first-order chi connectivity index (χ1) is 21.9. The summed E-state index contributed by atoms with van der Waals surface area (Å²) in [6.45, 7) is 2.59. The van der Waals surface area contributed by atoms with Gasteiger partial charge in [0, 0.05) is 61.9 Å². The van der Waals surface area contributed by atoms with E-state index in [-0.39, 0.29) is 35.2 Å². The van der Waals surface area contributed by atoms with E-state index in [1.807, 2.05) is 37.0 Å². The van der Waals surface area contributed by atoms with Crippen LogP contribution in [0.15, 0.2) is 43.0 Å². The van der Waals surface area contributed by atoms with E-state index in [2.05, 4.69) is 32.9 Å². The molecule has 1 amide bonds. The Morgan fingerprint density at radius 3 is 2.39 bits per heavy atom. The quantitative estimate of drug-likeness (QED) is 0.240. The Morgan fingerprint density at radius 2 is 1.78 bits per heavy atom. The van der Waals surface area contributed by atoms with Gasteiger partial charge >= 0.3 is 6.18 Å². The molecule has 2 aliphatic carbocycles. The fourth-order valence-electron chi connectivity index (χ4n) is 6.96. The number of pyridine rings is 1. The lowest BCUT2D eigenvalue weighted by Gasteiger charge is -2.42. The molecular weight excluding hydrogens is 595 g/mol. The summed E-state index contributed by atoms with van der Waals surface area (Å²) in [4.78, 5) is 20.2. The number of nitrogens with zero attached hydrogens (tertiary/aromatic N) is 7. The molecule has 1 aliphatic heterocycles. The summed E-state index contributed by atoms with van der Waals surface area (Å²) in [5.41, 5.74) is 1.34. The van der Waals surface area contributed by atoms with Crippen molar-refractivity contribution in [1.82, 2.24) is 34.8 Å². The number of hydrogen-bond donors (Lipinski definition) is 2. The number of halogens is 3. The Hall–Kier alpha value is -4.26. The summed E-state index contributed by atoms with van der Waals surface area (Å²) >= 11 is 0. The van der Waals surface area contributed by atoms with Crippen LogP contribution in [0.2, 0.25) is 0 Å². The molecule has 242 valence electrons. The minimum Gasteiger partial charge on any atom is -0.366 e. The maximum atomic E-state index is 14.4. The normalized spacial score (nSPS) is 18.3. The fourth-order valence-corrected chi connectivity index (χ4v) is 6.96. The maximum Gasteiger partial charge on any atom is 0.416 e. The molecule has 4 heterocycles. The first kappa shape index (κ1) is 30.4. The summed E-state index contributed by atoms with van der Waals surface area (Å²) in [5, 5.41) is 19.4. The van der Waals surface area contributed by atoms with Crippen LogP contribution >= 0.6 is 0 Å². The van der Waals surface area contributed by atoms with Crippen LogP contribution < -0.4 is 15.5 Å². The molecule has 2 fully saturated rings. The van der Waals surface area contributed by atoms with Crippen molar-refractivity contribution in [1.29, 1.82) is 0 Å². The maximum absolute atomic E-state index is 14.4. The van der Waals surface area contributed by atoms with Gasteiger partial charge in [0.2, 0.25) is 0 Å². The fraction of sp³-hybridized carbons (Fsp3) is 0.485. The van der Waals surface area contributed by atoms with Crippen molar-refractivity contribution in [3.63, 3.8) is 0 Å². The van der Waals surface area contributed by atoms with Crippen molar-refractivity contribution in [3.8, 4) is 0 Å². The standard InChI is InChI=1S/C33H38F3N9O/c1-31(6-4-7-31)38-16-21-10-24-25(26(11-21)33(34,35)36)19-45(30(24)46)28-13-23(12-27(41-28)37-15-22-17-40-44(3)18-22)32(8-5-9-32)14-29-42-39-20-43(29)2/h10-13,17-18,20,38H,4-9,14-16,19H2,1-3H3,(H,37,41). The zero-order valence-corrected chi connectivity index (χ0v) is 26.3. The predicted molar refractivity (Wildman–Crippen MR) is 166 cm³/mol. The van der Waals surface area contributed by atoms with Gasteiger partial charge in [-0.3, -0.25) is 14.4 Å². The van der Waals surface area contributed by atoms with Crippen molar-refractivity contribution in [2.24, 2.45) is 14.1 Å². The van der Waals surface area contributed by atoms with Crippen LogP contribution in [0.25, 0.3) is 0 Å². The van der Waals surface area contributed by atoms with Crippen molar-refractivity contribution < 1.29 is 18.0 Å². The number of hydrogen-bond acceptors (Lipinski definition) is 7. The third kappa shape index (κ3) is 5.65. The van der Waals surface area contributed by atoms with E-state index in [9.17, 15) is 18.0 Å². The number of benzene rings is 1. The zero-order chi connectivity index (χ0) is 32.3. The molecule has 0 saturated heterocycles. The van der Waals surface area contributed by atoms with E-state index in [0.29, 0.717) is 30.2 Å². The molecule has 4 aromatic rings. The van der Waals surface area contributed by atoms with Gasteiger partial charge in [-0.25, -0.2) is 4.98 Å². The molecule has 0 bridgehead atoms. The minimum atomic E-state index is -4.60. The minimum absolute atomic E-state index is 0.00868. The summed E-state index contributed by atoms with van der Waals surface area (Å²) in [5.74, 6) is 1.24. The number of nitrogens with one attached hydrogen (secondary N) is 2. The van der Waals surface area contributed by atoms with Crippen LogP contribution in [-0.4, -0.2) is 41.0 Å². The number of aromatic nitrogens is 6. The molecule has 10 nitrogen and oxygen atoms in total. The molecule has 2 N–H and O–H groups in total. The van der Waals surface area contributed by atoms with Gasteiger partial charge in [-0.05, 0) is 80.0 Å². The lowest BCUT2D eigenvalue weighted by atomic mass is 9.62. The van der Waals surface area contributed by atoms with Crippen LogP contribution in [-0.2, 0) is 51.7 Å². The molecule has 13 heteroatoms. The molecule has 46 heavy (non-hydrogen) atoms. The number of carbonyl (C=O) groups is 1. The molecule has 3 aliphatic rings.